The van der Waals surface area contributed by atoms with Gasteiger partial charge in [-0.15, -0.1) is 0 Å². The van der Waals surface area contributed by atoms with Crippen molar-refractivity contribution < 1.29 is 9.90 Å². The van der Waals surface area contributed by atoms with Crippen LogP contribution in [0.25, 0.3) is 0 Å². The van der Waals surface area contributed by atoms with Crippen LogP contribution in [0.2, 0.25) is 5.02 Å². The third-order valence-corrected chi connectivity index (χ3v) is 4.25. The van der Waals surface area contributed by atoms with E-state index in [0.29, 0.717) is 17.1 Å². The largest absolute Gasteiger partial charge is 0.387 e. The van der Waals surface area contributed by atoms with Crippen LogP contribution in [0.15, 0.2) is 42.5 Å². The summed E-state index contributed by atoms with van der Waals surface area (Å²) in [7, 11) is 1.80. The van der Waals surface area contributed by atoms with Gasteiger partial charge in [0, 0.05) is 22.8 Å². The minimum Gasteiger partial charge on any atom is -0.387 e. The summed E-state index contributed by atoms with van der Waals surface area (Å²) in [5, 5.41) is 13.8. The first-order valence-electron chi connectivity index (χ1n) is 7.85. The molecule has 24 heavy (non-hydrogen) atoms. The number of amides is 1. The Balaban J connectivity index is 1.93. The molecule has 0 aromatic heterocycles. The minimum atomic E-state index is -0.739. The van der Waals surface area contributed by atoms with Crippen LogP contribution in [0.1, 0.15) is 22.8 Å². The molecule has 128 valence electrons. The Morgan fingerprint density at radius 1 is 1.17 bits per heavy atom. The Morgan fingerprint density at radius 3 is 2.42 bits per heavy atom. The average Bonchev–Trinajstić information content (AvgIpc) is 2.51. The van der Waals surface area contributed by atoms with E-state index in [-0.39, 0.29) is 12.5 Å². The van der Waals surface area contributed by atoms with Crippen molar-refractivity contribution in [3.63, 3.8) is 0 Å². The molecule has 0 saturated heterocycles. The highest BCUT2D eigenvalue weighted by Gasteiger charge is 2.16. The maximum Gasteiger partial charge on any atom is 0.238 e. The number of rotatable bonds is 6. The topological polar surface area (TPSA) is 52.6 Å². The molecule has 0 aliphatic carbocycles. The zero-order chi connectivity index (χ0) is 17.7. The number of nitrogens with zero attached hydrogens (tertiary/aromatic N) is 1. The highest BCUT2D eigenvalue weighted by Crippen LogP contribution is 2.23. The van der Waals surface area contributed by atoms with Crippen molar-refractivity contribution in [2.45, 2.75) is 20.0 Å². The Labute approximate surface area is 148 Å². The number of para-hydroxylation sites is 1. The summed E-state index contributed by atoms with van der Waals surface area (Å²) < 4.78 is 0. The molecule has 1 atom stereocenters. The molecule has 2 aromatic carbocycles. The van der Waals surface area contributed by atoms with Gasteiger partial charge in [-0.25, -0.2) is 0 Å². The molecule has 0 heterocycles. The van der Waals surface area contributed by atoms with Crippen LogP contribution in [0.3, 0.4) is 0 Å². The molecule has 2 rings (SSSR count). The van der Waals surface area contributed by atoms with Gasteiger partial charge in [-0.3, -0.25) is 9.69 Å². The van der Waals surface area contributed by atoms with E-state index in [4.69, 9.17) is 11.6 Å². The monoisotopic (exact) mass is 346 g/mol. The molecule has 1 unspecified atom stereocenters. The maximum absolute atomic E-state index is 12.3. The molecule has 0 aliphatic rings. The number of benzene rings is 2. The quantitative estimate of drug-likeness (QED) is 0.840. The zero-order valence-corrected chi connectivity index (χ0v) is 15.0. The number of halogens is 1. The van der Waals surface area contributed by atoms with Gasteiger partial charge < -0.3 is 10.4 Å². The van der Waals surface area contributed by atoms with Crippen molar-refractivity contribution in [1.82, 2.24) is 4.90 Å². The molecule has 5 heteroatoms. The lowest BCUT2D eigenvalue weighted by Gasteiger charge is -2.21. The molecule has 4 nitrogen and oxygen atoms in total. The number of aryl methyl sites for hydroxylation is 2. The molecular formula is C19H23ClN2O2. The number of carbonyl (C=O) groups is 1. The highest BCUT2D eigenvalue weighted by molar-refractivity contribution is 6.31. The van der Waals surface area contributed by atoms with E-state index in [2.05, 4.69) is 5.32 Å². The summed E-state index contributed by atoms with van der Waals surface area (Å²) in [5.41, 5.74) is 3.58. The van der Waals surface area contributed by atoms with Crippen molar-refractivity contribution in [1.29, 1.82) is 0 Å². The van der Waals surface area contributed by atoms with Crippen LogP contribution in [0.5, 0.6) is 0 Å². The number of hydrogen-bond acceptors (Lipinski definition) is 3. The third kappa shape index (κ3) is 4.81. The second kappa shape index (κ2) is 8.29. The minimum absolute atomic E-state index is 0.110. The maximum atomic E-state index is 12.3. The summed E-state index contributed by atoms with van der Waals surface area (Å²) in [6, 6.07) is 13.1. The van der Waals surface area contributed by atoms with E-state index >= 15 is 0 Å². The lowest BCUT2D eigenvalue weighted by atomic mass is 10.1. The Hall–Kier alpha value is -1.88. The van der Waals surface area contributed by atoms with Gasteiger partial charge in [-0.2, -0.15) is 0 Å². The number of nitrogens with one attached hydrogen (secondary N) is 1. The van der Waals surface area contributed by atoms with E-state index in [0.717, 1.165) is 16.8 Å². The summed E-state index contributed by atoms with van der Waals surface area (Å²) in [6.45, 7) is 4.44. The van der Waals surface area contributed by atoms with E-state index in [1.807, 2.05) is 44.2 Å². The molecule has 1 amide bonds. The zero-order valence-electron chi connectivity index (χ0n) is 14.2. The standard InChI is InChI=1S/C19H23ClN2O2/c1-13-7-6-8-14(2)19(13)21-18(24)12-22(3)11-17(23)15-9-4-5-10-16(15)20/h4-10,17,23H,11-12H2,1-3H3,(H,21,24). The first-order valence-corrected chi connectivity index (χ1v) is 8.23. The SMILES string of the molecule is Cc1cccc(C)c1NC(=O)CN(C)CC(O)c1ccccc1Cl. The predicted molar refractivity (Wildman–Crippen MR) is 98.5 cm³/mol. The van der Waals surface area contributed by atoms with Crippen molar-refractivity contribution in [3.8, 4) is 0 Å². The average molecular weight is 347 g/mol. The van der Waals surface area contributed by atoms with E-state index in [1.165, 1.54) is 0 Å². The first-order chi connectivity index (χ1) is 11.4. The normalized spacial score (nSPS) is 12.2. The smallest absolute Gasteiger partial charge is 0.238 e. The number of likely N-dealkylation sites (N-methyl/N-ethyl adjacent to an activating group) is 1. The highest BCUT2D eigenvalue weighted by atomic mass is 35.5. The Bertz CT molecular complexity index is 698. The molecule has 2 aromatic rings. The van der Waals surface area contributed by atoms with Crippen molar-refractivity contribution >= 4 is 23.2 Å². The fourth-order valence-corrected chi connectivity index (χ4v) is 2.90. The molecule has 0 bridgehead atoms. The number of aliphatic hydroxyl groups excluding tert-OH is 1. The number of aliphatic hydroxyl groups is 1. The van der Waals surface area contributed by atoms with Gasteiger partial charge in [0.1, 0.15) is 0 Å². The molecule has 0 spiro atoms. The van der Waals surface area contributed by atoms with Crippen LogP contribution in [-0.4, -0.2) is 36.1 Å². The number of hydrogen-bond donors (Lipinski definition) is 2. The van der Waals surface area contributed by atoms with Gasteiger partial charge in [-0.1, -0.05) is 48.0 Å². The Morgan fingerprint density at radius 2 is 1.79 bits per heavy atom. The van der Waals surface area contributed by atoms with Gasteiger partial charge in [-0.05, 0) is 38.1 Å². The number of carbonyl (C=O) groups excluding carboxylic acids is 1. The predicted octanol–water partition coefficient (Wildman–Crippen LogP) is 3.56. The molecule has 0 saturated carbocycles. The fraction of sp³-hybridized carbons (Fsp3) is 0.316. The number of anilines is 1. The third-order valence-electron chi connectivity index (χ3n) is 3.91. The van der Waals surface area contributed by atoms with Crippen LogP contribution in [0.4, 0.5) is 5.69 Å². The summed E-state index contributed by atoms with van der Waals surface area (Å²) in [4.78, 5) is 14.0. The second-order valence-corrected chi connectivity index (χ2v) is 6.46. The van der Waals surface area contributed by atoms with Crippen molar-refractivity contribution in [2.24, 2.45) is 0 Å². The van der Waals surface area contributed by atoms with Crippen LogP contribution in [0, 0.1) is 13.8 Å². The first kappa shape index (κ1) is 18.5. The van der Waals surface area contributed by atoms with Crippen molar-refractivity contribution in [3.05, 3.63) is 64.2 Å². The summed E-state index contributed by atoms with van der Waals surface area (Å²) in [5.74, 6) is -0.110. The molecule has 0 aliphatic heterocycles. The van der Waals surface area contributed by atoms with Gasteiger partial charge in [0.2, 0.25) is 5.91 Å². The van der Waals surface area contributed by atoms with Gasteiger partial charge in [0.15, 0.2) is 0 Å². The van der Waals surface area contributed by atoms with Gasteiger partial charge >= 0.3 is 0 Å². The second-order valence-electron chi connectivity index (χ2n) is 6.05. The van der Waals surface area contributed by atoms with Crippen LogP contribution in [-0.2, 0) is 4.79 Å². The molecule has 0 fully saturated rings. The lowest BCUT2D eigenvalue weighted by molar-refractivity contribution is -0.117. The van der Waals surface area contributed by atoms with E-state index in [1.54, 1.807) is 24.1 Å². The van der Waals surface area contributed by atoms with Gasteiger partial charge in [0.05, 0.1) is 12.6 Å². The molecular weight excluding hydrogens is 324 g/mol. The van der Waals surface area contributed by atoms with Crippen LogP contribution < -0.4 is 5.32 Å². The molecule has 2 N–H and O–H groups in total. The van der Waals surface area contributed by atoms with Gasteiger partial charge in [0.25, 0.3) is 0 Å². The summed E-state index contributed by atoms with van der Waals surface area (Å²) >= 11 is 6.09. The summed E-state index contributed by atoms with van der Waals surface area (Å²) in [6.07, 6.45) is -0.739. The fourth-order valence-electron chi connectivity index (χ4n) is 2.64. The molecule has 0 radical (unpaired) electrons. The van der Waals surface area contributed by atoms with Crippen LogP contribution >= 0.6 is 11.6 Å². The van der Waals surface area contributed by atoms with E-state index in [9.17, 15) is 9.90 Å². The van der Waals surface area contributed by atoms with Crippen molar-refractivity contribution in [2.75, 3.05) is 25.5 Å². The Kier molecular flexibility index (Phi) is 6.37. The lowest BCUT2D eigenvalue weighted by Crippen LogP contribution is -2.33. The van der Waals surface area contributed by atoms with E-state index < -0.39 is 6.10 Å².